The molecular weight excluding hydrogens is 316 g/mol. The van der Waals surface area contributed by atoms with E-state index in [-0.39, 0.29) is 24.4 Å². The lowest BCUT2D eigenvalue weighted by Gasteiger charge is -2.36. The second-order valence-electron chi connectivity index (χ2n) is 7.07. The van der Waals surface area contributed by atoms with Crippen molar-refractivity contribution in [3.05, 3.63) is 41.7 Å². The summed E-state index contributed by atoms with van der Waals surface area (Å²) >= 11 is 0. The topological polar surface area (TPSA) is 77.6 Å². The Hall–Kier alpha value is -2.81. The van der Waals surface area contributed by atoms with E-state index >= 15 is 0 Å². The molecule has 1 N–H and O–H groups in total. The molecule has 2 fully saturated rings. The number of carbonyl (C=O) groups is 2. The summed E-state index contributed by atoms with van der Waals surface area (Å²) in [4.78, 5) is 26.9. The molecule has 25 heavy (non-hydrogen) atoms. The van der Waals surface area contributed by atoms with Gasteiger partial charge < -0.3 is 9.72 Å². The number of nitrogens with zero attached hydrogens (tertiary/aromatic N) is 3. The third kappa shape index (κ3) is 2.23. The molecule has 2 aliphatic rings. The second kappa shape index (κ2) is 5.62. The quantitative estimate of drug-likeness (QED) is 0.857. The summed E-state index contributed by atoms with van der Waals surface area (Å²) in [5, 5.41) is 12.5. The molecule has 0 unspecified atom stereocenters. The molecule has 1 spiro atoms. The minimum atomic E-state index is -0.763. The van der Waals surface area contributed by atoms with E-state index in [9.17, 15) is 14.9 Å². The van der Waals surface area contributed by atoms with Crippen molar-refractivity contribution in [1.82, 2.24) is 14.6 Å². The summed E-state index contributed by atoms with van der Waals surface area (Å²) in [6.07, 6.45) is 7.36. The Kier molecular flexibility index (Phi) is 3.53. The van der Waals surface area contributed by atoms with E-state index in [1.54, 1.807) is 0 Å². The van der Waals surface area contributed by atoms with Gasteiger partial charge in [-0.05, 0) is 30.9 Å². The van der Waals surface area contributed by atoms with Gasteiger partial charge in [-0.1, -0.05) is 25.8 Å². The predicted molar refractivity (Wildman–Crippen MR) is 91.6 cm³/mol. The van der Waals surface area contributed by atoms with Gasteiger partial charge in [0, 0.05) is 18.0 Å². The first-order chi connectivity index (χ1) is 12.1. The van der Waals surface area contributed by atoms with Crippen LogP contribution in [0.1, 0.15) is 43.7 Å². The number of carbonyl (C=O) groups excluding carboxylic acids is 2. The van der Waals surface area contributed by atoms with E-state index < -0.39 is 5.54 Å². The van der Waals surface area contributed by atoms with Crippen LogP contribution in [0.3, 0.4) is 0 Å². The number of fused-ring (bicyclic) bond motifs is 1. The zero-order chi connectivity index (χ0) is 17.6. The van der Waals surface area contributed by atoms with Gasteiger partial charge in [-0.2, -0.15) is 5.26 Å². The van der Waals surface area contributed by atoms with Crippen LogP contribution >= 0.6 is 0 Å². The molecule has 1 saturated carbocycles. The van der Waals surface area contributed by atoms with Crippen LogP contribution in [0.5, 0.6) is 0 Å². The Morgan fingerprint density at radius 2 is 2.20 bits per heavy atom. The Morgan fingerprint density at radius 1 is 1.36 bits per heavy atom. The number of hydrogen-bond acceptors (Lipinski definition) is 3. The Morgan fingerprint density at radius 3 is 2.96 bits per heavy atom. The summed E-state index contributed by atoms with van der Waals surface area (Å²) in [5.41, 5.74) is 1.23. The van der Waals surface area contributed by atoms with Gasteiger partial charge in [-0.3, -0.25) is 9.69 Å². The average Bonchev–Trinajstić information content (AvgIpc) is 3.08. The molecule has 0 radical (unpaired) electrons. The molecule has 1 saturated heterocycles. The predicted octanol–water partition coefficient (Wildman–Crippen LogP) is 2.81. The molecule has 0 bridgehead atoms. The minimum absolute atomic E-state index is 0.129. The van der Waals surface area contributed by atoms with Crippen LogP contribution < -0.4 is 5.32 Å². The lowest BCUT2D eigenvalue weighted by Crippen LogP contribution is -2.53. The van der Waals surface area contributed by atoms with Gasteiger partial charge in [-0.15, -0.1) is 0 Å². The number of nitriles is 1. The molecular formula is C19H20N4O2. The van der Waals surface area contributed by atoms with Crippen molar-refractivity contribution in [3.8, 4) is 6.07 Å². The van der Waals surface area contributed by atoms with Crippen molar-refractivity contribution in [2.24, 2.45) is 5.92 Å². The first kappa shape index (κ1) is 15.7. The first-order valence-corrected chi connectivity index (χ1v) is 8.69. The number of urea groups is 1. The molecule has 1 aliphatic carbocycles. The molecule has 6 nitrogen and oxygen atoms in total. The SMILES string of the molecule is C[C@H]1CCCC[C@@]12NC(=O)N(Cc1cn3ccccc3c1C#N)C2=O. The zero-order valence-corrected chi connectivity index (χ0v) is 14.2. The van der Waals surface area contributed by atoms with Crippen molar-refractivity contribution >= 4 is 17.5 Å². The van der Waals surface area contributed by atoms with E-state index in [1.165, 1.54) is 4.90 Å². The van der Waals surface area contributed by atoms with Crippen molar-refractivity contribution in [2.75, 3.05) is 0 Å². The van der Waals surface area contributed by atoms with E-state index in [4.69, 9.17) is 0 Å². The van der Waals surface area contributed by atoms with Crippen LogP contribution in [0.4, 0.5) is 4.79 Å². The van der Waals surface area contributed by atoms with Gasteiger partial charge in [0.2, 0.25) is 0 Å². The smallest absolute Gasteiger partial charge is 0.323 e. The fourth-order valence-corrected chi connectivity index (χ4v) is 4.24. The monoisotopic (exact) mass is 336 g/mol. The highest BCUT2D eigenvalue weighted by atomic mass is 16.2. The molecule has 0 aromatic carbocycles. The Balaban J connectivity index is 1.69. The van der Waals surface area contributed by atoms with Crippen LogP contribution in [0.15, 0.2) is 30.6 Å². The zero-order valence-electron chi connectivity index (χ0n) is 14.2. The molecule has 3 heterocycles. The average molecular weight is 336 g/mol. The maximum absolute atomic E-state index is 13.1. The number of rotatable bonds is 2. The van der Waals surface area contributed by atoms with Crippen LogP contribution in [0, 0.1) is 17.2 Å². The molecule has 2 atom stereocenters. The largest absolute Gasteiger partial charge is 0.325 e. The number of hydrogen-bond donors (Lipinski definition) is 1. The van der Waals surface area contributed by atoms with E-state index in [0.717, 1.165) is 24.8 Å². The second-order valence-corrected chi connectivity index (χ2v) is 7.07. The van der Waals surface area contributed by atoms with E-state index in [2.05, 4.69) is 11.4 Å². The molecule has 3 amide bonds. The highest BCUT2D eigenvalue weighted by Gasteiger charge is 2.54. The normalized spacial score (nSPS) is 26.2. The summed E-state index contributed by atoms with van der Waals surface area (Å²) in [5.74, 6) is -0.0184. The van der Waals surface area contributed by atoms with Crippen molar-refractivity contribution in [2.45, 2.75) is 44.7 Å². The lowest BCUT2D eigenvalue weighted by atomic mass is 9.73. The fraction of sp³-hybridized carbons (Fsp3) is 0.421. The van der Waals surface area contributed by atoms with Crippen molar-refractivity contribution in [3.63, 3.8) is 0 Å². The van der Waals surface area contributed by atoms with Gasteiger partial charge in [0.15, 0.2) is 0 Å². The molecule has 128 valence electrons. The van der Waals surface area contributed by atoms with E-state index in [1.807, 2.05) is 41.9 Å². The summed E-state index contributed by atoms with van der Waals surface area (Å²) in [6.45, 7) is 2.16. The fourth-order valence-electron chi connectivity index (χ4n) is 4.24. The van der Waals surface area contributed by atoms with Crippen LogP contribution in [-0.4, -0.2) is 26.8 Å². The minimum Gasteiger partial charge on any atom is -0.323 e. The summed E-state index contributed by atoms with van der Waals surface area (Å²) < 4.78 is 1.85. The number of pyridine rings is 1. The maximum atomic E-state index is 13.1. The Labute approximate surface area is 146 Å². The number of aromatic nitrogens is 1. The van der Waals surface area contributed by atoms with Gasteiger partial charge in [0.05, 0.1) is 17.6 Å². The lowest BCUT2D eigenvalue weighted by molar-refractivity contribution is -0.134. The molecule has 2 aromatic rings. The van der Waals surface area contributed by atoms with Gasteiger partial charge in [-0.25, -0.2) is 4.79 Å². The molecule has 4 rings (SSSR count). The number of amides is 3. The maximum Gasteiger partial charge on any atom is 0.325 e. The van der Waals surface area contributed by atoms with Crippen LogP contribution in [0.2, 0.25) is 0 Å². The van der Waals surface area contributed by atoms with Gasteiger partial charge in [0.1, 0.15) is 11.6 Å². The third-order valence-electron chi connectivity index (χ3n) is 5.70. The molecule has 6 heteroatoms. The van der Waals surface area contributed by atoms with Crippen LogP contribution in [0.25, 0.3) is 5.52 Å². The van der Waals surface area contributed by atoms with Gasteiger partial charge >= 0.3 is 6.03 Å². The molecule has 2 aromatic heterocycles. The highest BCUT2D eigenvalue weighted by Crippen LogP contribution is 2.38. The first-order valence-electron chi connectivity index (χ1n) is 8.69. The third-order valence-corrected chi connectivity index (χ3v) is 5.70. The van der Waals surface area contributed by atoms with Gasteiger partial charge in [0.25, 0.3) is 5.91 Å². The standard InChI is InChI=1S/C19H20N4O2/c1-13-6-2-4-8-19(13)17(24)23(18(25)21-19)12-14-11-22-9-5-3-7-16(22)15(14)10-20/h3,5,7,9,11,13H,2,4,6,8,12H2,1H3,(H,21,25)/t13-,19+/m0/s1. The number of nitrogens with one attached hydrogen (secondary N) is 1. The molecule has 1 aliphatic heterocycles. The number of imide groups is 1. The van der Waals surface area contributed by atoms with Crippen molar-refractivity contribution < 1.29 is 9.59 Å². The van der Waals surface area contributed by atoms with E-state index in [0.29, 0.717) is 17.5 Å². The highest BCUT2D eigenvalue weighted by molar-refractivity contribution is 6.07. The van der Waals surface area contributed by atoms with Crippen LogP contribution in [-0.2, 0) is 11.3 Å². The Bertz CT molecular complexity index is 910. The summed E-state index contributed by atoms with van der Waals surface area (Å²) in [6, 6.07) is 7.47. The van der Waals surface area contributed by atoms with Crippen molar-refractivity contribution in [1.29, 1.82) is 5.26 Å². The summed E-state index contributed by atoms with van der Waals surface area (Å²) in [7, 11) is 0.